The molecule has 0 aliphatic carbocycles. The van der Waals surface area contributed by atoms with E-state index in [0.29, 0.717) is 12.1 Å². The molecule has 1 atom stereocenters. The van der Waals surface area contributed by atoms with E-state index in [9.17, 15) is 22.0 Å². The highest BCUT2D eigenvalue weighted by Crippen LogP contribution is 2.25. The lowest BCUT2D eigenvalue weighted by Crippen LogP contribution is -2.18. The van der Waals surface area contributed by atoms with Crippen LogP contribution in [0.25, 0.3) is 0 Å². The molecule has 0 aromatic heterocycles. The average Bonchev–Trinajstić information content (AvgIpc) is 2.32. The molecule has 0 heterocycles. The van der Waals surface area contributed by atoms with E-state index in [2.05, 4.69) is 0 Å². The van der Waals surface area contributed by atoms with Gasteiger partial charge < -0.3 is 5.73 Å². The van der Waals surface area contributed by atoms with Crippen molar-refractivity contribution in [3.63, 3.8) is 0 Å². The fourth-order valence-corrected chi connectivity index (χ4v) is 1.96. The van der Waals surface area contributed by atoms with Crippen LogP contribution in [-0.2, 0) is 6.42 Å². The van der Waals surface area contributed by atoms with Gasteiger partial charge in [-0.15, -0.1) is 0 Å². The quantitative estimate of drug-likeness (QED) is 0.857. The third kappa shape index (κ3) is 2.80. The first-order valence-electron chi connectivity index (χ1n) is 5.73. The van der Waals surface area contributed by atoms with Gasteiger partial charge in [0.15, 0.2) is 0 Å². The van der Waals surface area contributed by atoms with Crippen molar-refractivity contribution in [3.8, 4) is 0 Å². The van der Waals surface area contributed by atoms with Crippen LogP contribution in [0.4, 0.5) is 22.0 Å². The molecule has 0 radical (unpaired) electrons. The van der Waals surface area contributed by atoms with E-state index in [0.717, 1.165) is 12.1 Å². The zero-order valence-electron chi connectivity index (χ0n) is 10.1. The van der Waals surface area contributed by atoms with Crippen molar-refractivity contribution in [2.24, 2.45) is 5.73 Å². The van der Waals surface area contributed by atoms with Crippen LogP contribution in [0, 0.1) is 29.1 Å². The predicted molar refractivity (Wildman–Crippen MR) is 63.3 cm³/mol. The summed E-state index contributed by atoms with van der Waals surface area (Å²) in [6.07, 6.45) is -0.446. The van der Waals surface area contributed by atoms with Gasteiger partial charge in [0.2, 0.25) is 0 Å². The largest absolute Gasteiger partial charge is 0.323 e. The summed E-state index contributed by atoms with van der Waals surface area (Å²) in [6.45, 7) is 0. The summed E-state index contributed by atoms with van der Waals surface area (Å²) in [6, 6.07) is 2.80. The smallest absolute Gasteiger partial charge is 0.133 e. The molecular weight excluding hydrogens is 277 g/mol. The minimum Gasteiger partial charge on any atom is -0.323 e. The Balaban J connectivity index is 2.36. The maximum absolute atomic E-state index is 13.5. The predicted octanol–water partition coefficient (Wildman–Crippen LogP) is 3.62. The molecule has 0 saturated carbocycles. The molecular formula is C14H10F5N. The molecule has 0 aliphatic heterocycles. The molecule has 0 amide bonds. The molecule has 6 heteroatoms. The second kappa shape index (κ2) is 5.58. The summed E-state index contributed by atoms with van der Waals surface area (Å²) >= 11 is 0. The van der Waals surface area contributed by atoms with E-state index in [1.165, 1.54) is 6.07 Å². The Kier molecular flexibility index (Phi) is 4.04. The molecule has 2 rings (SSSR count). The van der Waals surface area contributed by atoms with E-state index in [4.69, 9.17) is 5.73 Å². The van der Waals surface area contributed by atoms with Crippen LogP contribution in [0.1, 0.15) is 17.2 Å². The topological polar surface area (TPSA) is 26.0 Å². The van der Waals surface area contributed by atoms with Crippen LogP contribution in [0.5, 0.6) is 0 Å². The minimum absolute atomic E-state index is 0.372. The Morgan fingerprint density at radius 2 is 1.35 bits per heavy atom. The molecule has 1 nitrogen and oxygen atoms in total. The first-order chi connectivity index (χ1) is 9.40. The summed E-state index contributed by atoms with van der Waals surface area (Å²) in [4.78, 5) is 0. The van der Waals surface area contributed by atoms with Crippen LogP contribution in [-0.4, -0.2) is 0 Å². The molecule has 1 unspecified atom stereocenters. The van der Waals surface area contributed by atoms with Crippen LogP contribution in [0.3, 0.4) is 0 Å². The number of benzene rings is 2. The lowest BCUT2D eigenvalue weighted by atomic mass is 9.98. The molecule has 0 saturated heterocycles. The second-order valence-corrected chi connectivity index (χ2v) is 4.29. The van der Waals surface area contributed by atoms with Crippen molar-refractivity contribution in [3.05, 3.63) is 70.5 Å². The number of halogens is 5. The molecule has 20 heavy (non-hydrogen) atoms. The molecule has 106 valence electrons. The van der Waals surface area contributed by atoms with E-state index in [1.807, 2.05) is 0 Å². The molecule has 0 aliphatic rings. The average molecular weight is 287 g/mol. The van der Waals surface area contributed by atoms with Crippen molar-refractivity contribution < 1.29 is 22.0 Å². The normalized spacial score (nSPS) is 12.5. The highest BCUT2D eigenvalue weighted by Gasteiger charge is 2.21. The molecule has 2 aromatic rings. The third-order valence-corrected chi connectivity index (χ3v) is 2.90. The van der Waals surface area contributed by atoms with Gasteiger partial charge in [0.1, 0.15) is 29.1 Å². The van der Waals surface area contributed by atoms with Crippen molar-refractivity contribution in [2.45, 2.75) is 12.5 Å². The van der Waals surface area contributed by atoms with Crippen molar-refractivity contribution >= 4 is 0 Å². The van der Waals surface area contributed by atoms with Crippen LogP contribution in [0.15, 0.2) is 30.3 Å². The van der Waals surface area contributed by atoms with Gasteiger partial charge in [-0.2, -0.15) is 0 Å². The Hall–Kier alpha value is -1.95. The second-order valence-electron chi connectivity index (χ2n) is 4.29. The Morgan fingerprint density at radius 3 is 1.85 bits per heavy atom. The van der Waals surface area contributed by atoms with Gasteiger partial charge in [-0.3, -0.25) is 0 Å². The van der Waals surface area contributed by atoms with Gasteiger partial charge in [-0.05, 0) is 18.6 Å². The van der Waals surface area contributed by atoms with Gasteiger partial charge in [-0.25, -0.2) is 22.0 Å². The monoisotopic (exact) mass is 287 g/mol. The van der Waals surface area contributed by atoms with Crippen molar-refractivity contribution in [1.29, 1.82) is 0 Å². The standard InChI is InChI=1S/C14H10F5N/c15-7-4-11(18)14(12(19)5-7)13(20)6-8-9(16)2-1-3-10(8)17/h1-5,13H,6,20H2. The summed E-state index contributed by atoms with van der Waals surface area (Å²) in [5, 5.41) is 0. The zero-order valence-corrected chi connectivity index (χ0v) is 10.1. The van der Waals surface area contributed by atoms with E-state index < -0.39 is 47.1 Å². The first kappa shape index (κ1) is 14.5. The molecule has 0 spiro atoms. The molecule has 2 aromatic carbocycles. The first-order valence-corrected chi connectivity index (χ1v) is 5.73. The lowest BCUT2D eigenvalue weighted by molar-refractivity contribution is 0.489. The summed E-state index contributed by atoms with van der Waals surface area (Å²) < 4.78 is 66.7. The van der Waals surface area contributed by atoms with E-state index >= 15 is 0 Å². The van der Waals surface area contributed by atoms with Crippen LogP contribution in [0.2, 0.25) is 0 Å². The van der Waals surface area contributed by atoms with Crippen molar-refractivity contribution in [1.82, 2.24) is 0 Å². The summed E-state index contributed by atoms with van der Waals surface area (Å²) in [5.74, 6) is -5.18. The Morgan fingerprint density at radius 1 is 0.850 bits per heavy atom. The number of hydrogen-bond acceptors (Lipinski definition) is 1. The molecule has 2 N–H and O–H groups in total. The number of nitrogens with two attached hydrogens (primary N) is 1. The summed E-state index contributed by atoms with van der Waals surface area (Å²) in [5.41, 5.74) is 4.61. The Bertz CT molecular complexity index is 598. The highest BCUT2D eigenvalue weighted by molar-refractivity contribution is 5.28. The van der Waals surface area contributed by atoms with Crippen LogP contribution >= 0.6 is 0 Å². The van der Waals surface area contributed by atoms with Gasteiger partial charge in [-0.1, -0.05) is 6.07 Å². The summed E-state index contributed by atoms with van der Waals surface area (Å²) in [7, 11) is 0. The highest BCUT2D eigenvalue weighted by atomic mass is 19.2. The third-order valence-electron chi connectivity index (χ3n) is 2.90. The number of rotatable bonds is 3. The van der Waals surface area contributed by atoms with Gasteiger partial charge in [0.05, 0.1) is 0 Å². The maximum atomic E-state index is 13.5. The minimum atomic E-state index is -1.33. The van der Waals surface area contributed by atoms with Crippen molar-refractivity contribution in [2.75, 3.05) is 0 Å². The molecule has 0 bridgehead atoms. The fourth-order valence-electron chi connectivity index (χ4n) is 1.96. The molecule has 0 fully saturated rings. The fraction of sp³-hybridized carbons (Fsp3) is 0.143. The van der Waals surface area contributed by atoms with Gasteiger partial charge in [0.25, 0.3) is 0 Å². The Labute approximate surface area is 111 Å². The number of hydrogen-bond donors (Lipinski definition) is 1. The van der Waals surface area contributed by atoms with E-state index in [-0.39, 0.29) is 5.56 Å². The maximum Gasteiger partial charge on any atom is 0.133 e. The van der Waals surface area contributed by atoms with E-state index in [1.54, 1.807) is 0 Å². The zero-order chi connectivity index (χ0) is 14.9. The SMILES string of the molecule is NC(Cc1c(F)cccc1F)c1c(F)cc(F)cc1F. The van der Waals surface area contributed by atoms with Crippen LogP contribution < -0.4 is 5.73 Å². The van der Waals surface area contributed by atoms with Gasteiger partial charge in [0, 0.05) is 29.3 Å². The van der Waals surface area contributed by atoms with Gasteiger partial charge >= 0.3 is 0 Å². The lowest BCUT2D eigenvalue weighted by Gasteiger charge is -2.15.